The van der Waals surface area contributed by atoms with E-state index in [-0.39, 0.29) is 11.9 Å². The van der Waals surface area contributed by atoms with Crippen molar-refractivity contribution in [2.75, 3.05) is 5.73 Å². The van der Waals surface area contributed by atoms with Crippen molar-refractivity contribution in [1.29, 1.82) is 0 Å². The molecular formula is C17H24ClNO2. The number of benzene rings is 1. The monoisotopic (exact) mass is 309 g/mol. The van der Waals surface area contributed by atoms with Crippen molar-refractivity contribution >= 4 is 23.3 Å². The van der Waals surface area contributed by atoms with Crippen LogP contribution in [0.5, 0.6) is 0 Å². The van der Waals surface area contributed by atoms with Gasteiger partial charge in [-0.05, 0) is 63.1 Å². The van der Waals surface area contributed by atoms with Crippen LogP contribution in [-0.2, 0) is 9.53 Å². The number of carbonyl (C=O) groups excluding carboxylic acids is 1. The molecule has 4 heteroatoms. The minimum atomic E-state index is -0.444. The Morgan fingerprint density at radius 2 is 2.10 bits per heavy atom. The molecule has 1 aliphatic carbocycles. The Labute approximate surface area is 131 Å². The molecule has 0 aromatic heterocycles. The number of hydrogen-bond donors (Lipinski definition) is 1. The van der Waals surface area contributed by atoms with Gasteiger partial charge in [-0.1, -0.05) is 24.1 Å². The number of nitrogen functional groups attached to an aromatic ring is 1. The summed E-state index contributed by atoms with van der Waals surface area (Å²) in [5, 5.41) is 0.559. The number of hydrogen-bond acceptors (Lipinski definition) is 3. The zero-order valence-electron chi connectivity index (χ0n) is 13.0. The molecule has 1 fully saturated rings. The lowest BCUT2D eigenvalue weighted by Crippen LogP contribution is -2.28. The Bertz CT molecular complexity index is 518. The number of ether oxygens (including phenoxy) is 1. The number of rotatable bonds is 4. The SMILES string of the molecule is CC(C)(C)OC(=O)CC(c1ccc(Cl)c(N)c1)C1CCC1. The molecule has 0 amide bonds. The van der Waals surface area contributed by atoms with E-state index in [2.05, 4.69) is 0 Å². The fourth-order valence-electron chi connectivity index (χ4n) is 2.75. The van der Waals surface area contributed by atoms with Crippen LogP contribution in [-0.4, -0.2) is 11.6 Å². The number of anilines is 1. The molecule has 21 heavy (non-hydrogen) atoms. The van der Waals surface area contributed by atoms with Gasteiger partial charge in [-0.2, -0.15) is 0 Å². The van der Waals surface area contributed by atoms with Crippen LogP contribution in [0.3, 0.4) is 0 Å². The summed E-state index contributed by atoms with van der Waals surface area (Å²) in [5.74, 6) is 0.569. The van der Waals surface area contributed by atoms with Gasteiger partial charge in [0.2, 0.25) is 0 Å². The molecule has 0 saturated heterocycles. The van der Waals surface area contributed by atoms with Gasteiger partial charge in [-0.25, -0.2) is 0 Å². The molecule has 116 valence electrons. The van der Waals surface area contributed by atoms with Crippen molar-refractivity contribution in [2.45, 2.75) is 58.0 Å². The first kappa shape index (κ1) is 16.2. The van der Waals surface area contributed by atoms with Crippen LogP contribution in [0.1, 0.15) is 57.9 Å². The third-order valence-corrected chi connectivity index (χ3v) is 4.32. The van der Waals surface area contributed by atoms with Crippen molar-refractivity contribution in [2.24, 2.45) is 5.92 Å². The molecule has 0 heterocycles. The Hall–Kier alpha value is -1.22. The molecule has 1 atom stereocenters. The van der Waals surface area contributed by atoms with E-state index < -0.39 is 5.60 Å². The summed E-state index contributed by atoms with van der Waals surface area (Å²) < 4.78 is 5.47. The van der Waals surface area contributed by atoms with Crippen molar-refractivity contribution in [3.8, 4) is 0 Å². The van der Waals surface area contributed by atoms with E-state index in [9.17, 15) is 4.79 Å². The van der Waals surface area contributed by atoms with Gasteiger partial charge in [0.15, 0.2) is 0 Å². The predicted molar refractivity (Wildman–Crippen MR) is 86.4 cm³/mol. The average molecular weight is 310 g/mol. The molecule has 0 bridgehead atoms. The van der Waals surface area contributed by atoms with Gasteiger partial charge in [0.25, 0.3) is 0 Å². The minimum absolute atomic E-state index is 0.145. The second-order valence-corrected chi connectivity index (χ2v) is 7.28. The Balaban J connectivity index is 2.14. The van der Waals surface area contributed by atoms with Crippen LogP contribution in [0.15, 0.2) is 18.2 Å². The van der Waals surface area contributed by atoms with E-state index in [1.165, 1.54) is 6.42 Å². The summed E-state index contributed by atoms with van der Waals surface area (Å²) >= 11 is 5.99. The summed E-state index contributed by atoms with van der Waals surface area (Å²) in [7, 11) is 0. The normalized spacial score (nSPS) is 17.1. The Morgan fingerprint density at radius 3 is 2.57 bits per heavy atom. The zero-order chi connectivity index (χ0) is 15.6. The molecule has 2 rings (SSSR count). The molecule has 0 radical (unpaired) electrons. The first-order valence-electron chi connectivity index (χ1n) is 7.53. The Kier molecular flexibility index (Phi) is 4.82. The smallest absolute Gasteiger partial charge is 0.306 e. The molecule has 3 nitrogen and oxygen atoms in total. The van der Waals surface area contributed by atoms with Crippen LogP contribution >= 0.6 is 11.6 Å². The van der Waals surface area contributed by atoms with Crippen molar-refractivity contribution in [3.05, 3.63) is 28.8 Å². The standard InChI is InChI=1S/C17H24ClNO2/c1-17(2,3)21-16(20)10-13(11-5-4-6-11)12-7-8-14(18)15(19)9-12/h7-9,11,13H,4-6,10,19H2,1-3H3. The van der Waals surface area contributed by atoms with E-state index in [1.54, 1.807) is 0 Å². The lowest BCUT2D eigenvalue weighted by atomic mass is 9.71. The largest absolute Gasteiger partial charge is 0.460 e. The molecule has 1 saturated carbocycles. The van der Waals surface area contributed by atoms with E-state index in [0.29, 0.717) is 23.0 Å². The first-order valence-corrected chi connectivity index (χ1v) is 7.91. The maximum Gasteiger partial charge on any atom is 0.306 e. The van der Waals surface area contributed by atoms with Crippen LogP contribution in [0, 0.1) is 5.92 Å². The molecule has 1 aromatic rings. The second kappa shape index (κ2) is 6.27. The average Bonchev–Trinajstić information content (AvgIpc) is 2.27. The van der Waals surface area contributed by atoms with E-state index >= 15 is 0 Å². The summed E-state index contributed by atoms with van der Waals surface area (Å²) in [4.78, 5) is 12.2. The highest BCUT2D eigenvalue weighted by molar-refractivity contribution is 6.33. The molecule has 1 aromatic carbocycles. The summed E-state index contributed by atoms with van der Waals surface area (Å²) in [6, 6.07) is 5.69. The molecule has 1 aliphatic rings. The highest BCUT2D eigenvalue weighted by atomic mass is 35.5. The van der Waals surface area contributed by atoms with Crippen LogP contribution in [0.25, 0.3) is 0 Å². The van der Waals surface area contributed by atoms with Crippen LogP contribution in [0.4, 0.5) is 5.69 Å². The van der Waals surface area contributed by atoms with Crippen molar-refractivity contribution in [1.82, 2.24) is 0 Å². The van der Waals surface area contributed by atoms with Crippen molar-refractivity contribution in [3.63, 3.8) is 0 Å². The number of halogens is 1. The maximum absolute atomic E-state index is 12.2. The zero-order valence-corrected chi connectivity index (χ0v) is 13.7. The maximum atomic E-state index is 12.2. The third kappa shape index (κ3) is 4.37. The van der Waals surface area contributed by atoms with E-state index in [4.69, 9.17) is 22.1 Å². The fraction of sp³-hybridized carbons (Fsp3) is 0.588. The Morgan fingerprint density at radius 1 is 1.43 bits per heavy atom. The summed E-state index contributed by atoms with van der Waals surface area (Å²) in [6.45, 7) is 5.68. The van der Waals surface area contributed by atoms with Gasteiger partial charge in [0.05, 0.1) is 17.1 Å². The summed E-state index contributed by atoms with van der Waals surface area (Å²) in [6.07, 6.45) is 3.97. The third-order valence-electron chi connectivity index (χ3n) is 3.97. The van der Waals surface area contributed by atoms with E-state index in [1.807, 2.05) is 39.0 Å². The highest BCUT2D eigenvalue weighted by Gasteiger charge is 2.32. The van der Waals surface area contributed by atoms with Gasteiger partial charge in [-0.15, -0.1) is 0 Å². The van der Waals surface area contributed by atoms with Gasteiger partial charge in [0.1, 0.15) is 5.60 Å². The van der Waals surface area contributed by atoms with Gasteiger partial charge in [0, 0.05) is 0 Å². The molecular weight excluding hydrogens is 286 g/mol. The lowest BCUT2D eigenvalue weighted by Gasteiger charge is -2.34. The number of nitrogens with two attached hydrogens (primary N) is 1. The molecule has 1 unspecified atom stereocenters. The minimum Gasteiger partial charge on any atom is -0.460 e. The fourth-order valence-corrected chi connectivity index (χ4v) is 2.87. The number of carbonyl (C=O) groups is 1. The predicted octanol–water partition coefficient (Wildman–Crippen LogP) is 4.54. The van der Waals surface area contributed by atoms with Gasteiger partial charge >= 0.3 is 5.97 Å². The molecule has 0 spiro atoms. The topological polar surface area (TPSA) is 52.3 Å². The summed E-state index contributed by atoms with van der Waals surface area (Å²) in [5.41, 5.74) is 7.12. The quantitative estimate of drug-likeness (QED) is 0.656. The van der Waals surface area contributed by atoms with E-state index in [0.717, 1.165) is 18.4 Å². The van der Waals surface area contributed by atoms with Crippen LogP contribution in [0.2, 0.25) is 5.02 Å². The van der Waals surface area contributed by atoms with Gasteiger partial charge < -0.3 is 10.5 Å². The molecule has 0 aliphatic heterocycles. The van der Waals surface area contributed by atoms with Crippen molar-refractivity contribution < 1.29 is 9.53 Å². The number of esters is 1. The highest BCUT2D eigenvalue weighted by Crippen LogP contribution is 2.42. The van der Waals surface area contributed by atoms with Crippen LogP contribution < -0.4 is 5.73 Å². The van der Waals surface area contributed by atoms with Gasteiger partial charge in [-0.3, -0.25) is 4.79 Å². The molecule has 2 N–H and O–H groups in total. The first-order chi connectivity index (χ1) is 9.76. The lowest BCUT2D eigenvalue weighted by molar-refractivity contribution is -0.155. The second-order valence-electron chi connectivity index (χ2n) is 6.87.